The predicted octanol–water partition coefficient (Wildman–Crippen LogP) is 5.21. The van der Waals surface area contributed by atoms with Gasteiger partial charge in [0.05, 0.1) is 29.2 Å². The highest BCUT2D eigenvalue weighted by Gasteiger charge is 2.33. The highest BCUT2D eigenvalue weighted by Crippen LogP contribution is 2.44. The van der Waals surface area contributed by atoms with Gasteiger partial charge in [0.25, 0.3) is 11.1 Å². The second-order valence-corrected chi connectivity index (χ2v) is 11.4. The number of ether oxygens (including phenoxy) is 2. The quantitative estimate of drug-likeness (QED) is 0.231. The molecule has 2 N–H and O–H groups in total. The lowest BCUT2D eigenvalue weighted by Crippen LogP contribution is -2.33. The van der Waals surface area contributed by atoms with E-state index in [1.165, 1.54) is 59.6 Å². The topological polar surface area (TPSA) is 113 Å². The summed E-state index contributed by atoms with van der Waals surface area (Å²) in [5.41, 5.74) is -0.579. The number of aromatic nitrogens is 4. The van der Waals surface area contributed by atoms with Crippen molar-refractivity contribution in [3.8, 4) is 23.3 Å². The molecule has 0 saturated heterocycles. The van der Waals surface area contributed by atoms with E-state index < -0.39 is 28.8 Å². The van der Waals surface area contributed by atoms with Crippen molar-refractivity contribution in [2.75, 3.05) is 7.11 Å². The zero-order chi connectivity index (χ0) is 32.0. The number of hydrogen-bond acceptors (Lipinski definition) is 8. The second kappa shape index (κ2) is 11.9. The molecule has 13 heteroatoms. The maximum Gasteiger partial charge on any atom is 0.262 e. The third-order valence-corrected chi connectivity index (χ3v) is 9.13. The molecule has 0 atom stereocenters. The summed E-state index contributed by atoms with van der Waals surface area (Å²) in [6.45, 7) is 0.176. The van der Waals surface area contributed by atoms with Crippen LogP contribution in [-0.4, -0.2) is 35.6 Å². The molecule has 5 rings (SSSR count). The second-order valence-electron chi connectivity index (χ2n) is 10.3. The lowest BCUT2D eigenvalue weighted by Gasteiger charge is -2.24. The molecule has 0 radical (unpaired) electrons. The third kappa shape index (κ3) is 5.08. The van der Waals surface area contributed by atoms with E-state index in [-0.39, 0.29) is 49.4 Å². The van der Waals surface area contributed by atoms with Crippen molar-refractivity contribution < 1.29 is 19.7 Å². The molecule has 10 nitrogen and oxygen atoms in total. The van der Waals surface area contributed by atoms with Crippen LogP contribution in [0, 0.1) is 9.54 Å². The van der Waals surface area contributed by atoms with Gasteiger partial charge in [-0.25, -0.2) is 0 Å². The van der Waals surface area contributed by atoms with E-state index in [4.69, 9.17) is 45.5 Å². The number of benzene rings is 3. The fraction of sp³-hybridized carbons (Fsp3) is 0.226. The van der Waals surface area contributed by atoms with Crippen LogP contribution in [0.4, 0.5) is 0 Å². The third-order valence-electron chi connectivity index (χ3n) is 7.75. The van der Waals surface area contributed by atoms with Gasteiger partial charge in [-0.15, -0.1) is 0 Å². The van der Waals surface area contributed by atoms with Crippen molar-refractivity contribution in [3.05, 3.63) is 112 Å². The summed E-state index contributed by atoms with van der Waals surface area (Å²) in [5.74, 6) is -1.85. The molecule has 228 valence electrons. The normalized spacial score (nSPS) is 11.3. The van der Waals surface area contributed by atoms with E-state index in [1.807, 2.05) is 42.5 Å². The van der Waals surface area contributed by atoms with Gasteiger partial charge in [-0.05, 0) is 58.5 Å². The van der Waals surface area contributed by atoms with Gasteiger partial charge in [0.15, 0.2) is 21.0 Å². The van der Waals surface area contributed by atoms with E-state index >= 15 is 0 Å². The van der Waals surface area contributed by atoms with Crippen LogP contribution < -0.4 is 20.6 Å². The van der Waals surface area contributed by atoms with Crippen molar-refractivity contribution in [1.82, 2.24) is 18.3 Å². The molecular formula is C31H29ClN4O6S2. The van der Waals surface area contributed by atoms with Crippen LogP contribution in [0.3, 0.4) is 0 Å². The Balaban J connectivity index is 1.75. The molecule has 2 aromatic heterocycles. The first-order chi connectivity index (χ1) is 20.9. The maximum absolute atomic E-state index is 13.7. The molecule has 0 amide bonds. The Labute approximate surface area is 267 Å². The molecule has 0 aliphatic carbocycles. The van der Waals surface area contributed by atoms with E-state index in [0.717, 1.165) is 16.3 Å². The molecule has 5 aromatic rings. The number of halogens is 1. The lowest BCUT2D eigenvalue weighted by atomic mass is 9.86. The van der Waals surface area contributed by atoms with Gasteiger partial charge in [-0.3, -0.25) is 27.9 Å². The van der Waals surface area contributed by atoms with E-state index in [0.29, 0.717) is 0 Å². The van der Waals surface area contributed by atoms with Gasteiger partial charge in [0, 0.05) is 28.2 Å². The Bertz CT molecular complexity index is 2110. The number of fused-ring (bicyclic) bond motifs is 1. The molecule has 2 heterocycles. The largest absolute Gasteiger partial charge is 0.494 e. The molecule has 0 bridgehead atoms. The summed E-state index contributed by atoms with van der Waals surface area (Å²) in [4.78, 5) is 27.4. The van der Waals surface area contributed by atoms with Gasteiger partial charge >= 0.3 is 0 Å². The SMILES string of the molecule is COc1cc(C(c2c(O)n(C)c(=S)n(C)c2=O)c2c(O)n(C)c(=S)n(C)c2=O)cc(Cl)c1OCc1cccc2ccccc12. The first kappa shape index (κ1) is 31.0. The van der Waals surface area contributed by atoms with E-state index in [1.54, 1.807) is 6.07 Å². The van der Waals surface area contributed by atoms with Gasteiger partial charge in [-0.2, -0.15) is 0 Å². The molecule has 0 spiro atoms. The summed E-state index contributed by atoms with van der Waals surface area (Å²) < 4.78 is 16.8. The highest BCUT2D eigenvalue weighted by molar-refractivity contribution is 7.71. The van der Waals surface area contributed by atoms with Crippen molar-refractivity contribution in [1.29, 1.82) is 0 Å². The van der Waals surface area contributed by atoms with Crippen LogP contribution in [0.1, 0.15) is 28.2 Å². The number of hydrogen-bond donors (Lipinski definition) is 2. The van der Waals surface area contributed by atoms with Crippen LogP contribution >= 0.6 is 36.0 Å². The number of methoxy groups -OCH3 is 1. The molecule has 3 aromatic carbocycles. The Hall–Kier alpha value is -4.39. The van der Waals surface area contributed by atoms with Crippen molar-refractivity contribution >= 4 is 46.8 Å². The summed E-state index contributed by atoms with van der Waals surface area (Å²) in [6, 6.07) is 16.9. The van der Waals surface area contributed by atoms with Gasteiger partial charge in [0.2, 0.25) is 11.8 Å². The first-order valence-corrected chi connectivity index (χ1v) is 14.5. The monoisotopic (exact) mass is 652 g/mol. The fourth-order valence-electron chi connectivity index (χ4n) is 5.32. The summed E-state index contributed by atoms with van der Waals surface area (Å²) >= 11 is 17.4. The van der Waals surface area contributed by atoms with Gasteiger partial charge in [0.1, 0.15) is 6.61 Å². The minimum absolute atomic E-state index is 0.0476. The number of nitrogens with zero attached hydrogens (tertiary/aromatic N) is 4. The van der Waals surface area contributed by atoms with Crippen LogP contribution in [-0.2, 0) is 34.8 Å². The lowest BCUT2D eigenvalue weighted by molar-refractivity contribution is 0.285. The summed E-state index contributed by atoms with van der Waals surface area (Å²) in [6.07, 6.45) is 0. The Morgan fingerprint density at radius 3 is 1.93 bits per heavy atom. The molecule has 44 heavy (non-hydrogen) atoms. The minimum atomic E-state index is -1.32. The molecule has 0 fully saturated rings. The minimum Gasteiger partial charge on any atom is -0.494 e. The van der Waals surface area contributed by atoms with E-state index in [9.17, 15) is 19.8 Å². The van der Waals surface area contributed by atoms with Gasteiger partial charge in [-0.1, -0.05) is 54.1 Å². The summed E-state index contributed by atoms with van der Waals surface area (Å²) in [7, 11) is 7.30. The van der Waals surface area contributed by atoms with Crippen LogP contribution in [0.15, 0.2) is 64.2 Å². The van der Waals surface area contributed by atoms with Crippen LogP contribution in [0.2, 0.25) is 5.02 Å². The molecular weight excluding hydrogens is 624 g/mol. The van der Waals surface area contributed by atoms with Crippen molar-refractivity contribution in [3.63, 3.8) is 0 Å². The van der Waals surface area contributed by atoms with Gasteiger partial charge < -0.3 is 19.7 Å². The zero-order valence-corrected chi connectivity index (χ0v) is 26.9. The average molecular weight is 653 g/mol. The highest BCUT2D eigenvalue weighted by atomic mass is 35.5. The molecule has 0 unspecified atom stereocenters. The first-order valence-electron chi connectivity index (χ1n) is 13.3. The zero-order valence-electron chi connectivity index (χ0n) is 24.5. The molecule has 0 aliphatic rings. The molecule has 0 aliphatic heterocycles. The van der Waals surface area contributed by atoms with Crippen molar-refractivity contribution in [2.24, 2.45) is 28.2 Å². The Kier molecular flexibility index (Phi) is 8.43. The smallest absolute Gasteiger partial charge is 0.262 e. The Morgan fingerprint density at radius 2 is 1.36 bits per heavy atom. The number of aromatic hydroxyl groups is 2. The van der Waals surface area contributed by atoms with Crippen LogP contribution in [0.5, 0.6) is 23.3 Å². The summed E-state index contributed by atoms with van der Waals surface area (Å²) in [5, 5.41) is 24.7. The number of rotatable bonds is 7. The van der Waals surface area contributed by atoms with E-state index in [2.05, 4.69) is 0 Å². The van der Waals surface area contributed by atoms with Crippen molar-refractivity contribution in [2.45, 2.75) is 12.5 Å². The predicted molar refractivity (Wildman–Crippen MR) is 174 cm³/mol. The average Bonchev–Trinajstić information content (AvgIpc) is 3.03. The maximum atomic E-state index is 13.7. The van der Waals surface area contributed by atoms with Crippen LogP contribution in [0.25, 0.3) is 10.8 Å². The fourth-order valence-corrected chi connectivity index (χ4v) is 5.93. The Morgan fingerprint density at radius 1 is 0.818 bits per heavy atom. The standard InChI is InChI=1S/C31H29ClN4O6S2/c1-33-26(37)23(27(38)34(2)30(33)43)22(24-28(39)35(3)31(44)36(4)29(24)40)18-13-20(32)25(21(14-18)41-5)42-15-17-11-8-10-16-9-6-7-12-19(16)17/h6-14,22,37,39H,15H2,1-5H3. The molecule has 0 saturated carbocycles.